The summed E-state index contributed by atoms with van der Waals surface area (Å²) < 4.78 is 2.47. The van der Waals surface area contributed by atoms with Crippen LogP contribution in [0.4, 0.5) is 0 Å². The van der Waals surface area contributed by atoms with Crippen molar-refractivity contribution in [2.45, 2.75) is 13.8 Å². The first kappa shape index (κ1) is 22.7. The van der Waals surface area contributed by atoms with Crippen LogP contribution in [-0.4, -0.2) is 4.57 Å². The average Bonchev–Trinajstić information content (AvgIpc) is 3.28. The van der Waals surface area contributed by atoms with Crippen molar-refractivity contribution in [3.8, 4) is 16.8 Å². The molecule has 0 amide bonds. The fourth-order valence-corrected chi connectivity index (χ4v) is 7.17. The molecule has 0 fully saturated rings. The topological polar surface area (TPSA) is 4.93 Å². The molecule has 9 aromatic rings. The minimum absolute atomic E-state index is 1.20. The van der Waals surface area contributed by atoms with Gasteiger partial charge in [0.15, 0.2) is 0 Å². The molecule has 41 heavy (non-hydrogen) atoms. The number of aryl methyl sites for hydroxylation is 1. The fourth-order valence-electron chi connectivity index (χ4n) is 7.17. The smallest absolute Gasteiger partial charge is 0.0613 e. The fraction of sp³-hybridized carbons (Fsp3) is 0.0500. The molecule has 1 nitrogen and oxygen atoms in total. The predicted molar refractivity (Wildman–Crippen MR) is 177 cm³/mol. The summed E-state index contributed by atoms with van der Waals surface area (Å²) in [7, 11) is 0. The number of hydrogen-bond donors (Lipinski definition) is 0. The molecule has 0 aliphatic rings. The third-order valence-corrected chi connectivity index (χ3v) is 9.33. The number of benzene rings is 8. The molecule has 1 heteroatoms. The summed E-state index contributed by atoms with van der Waals surface area (Å²) in [5.41, 5.74) is 7.61. The molecule has 1 aromatic heterocycles. The lowest BCUT2D eigenvalue weighted by Gasteiger charge is -2.15. The van der Waals surface area contributed by atoms with Gasteiger partial charge < -0.3 is 4.57 Å². The van der Waals surface area contributed by atoms with Gasteiger partial charge in [0.25, 0.3) is 0 Å². The van der Waals surface area contributed by atoms with E-state index in [0.29, 0.717) is 0 Å². The van der Waals surface area contributed by atoms with Gasteiger partial charge in [-0.1, -0.05) is 103 Å². The number of hydrogen-bond acceptors (Lipinski definition) is 0. The first-order chi connectivity index (χ1) is 20.2. The standard InChI is InChI=1S/C40H27N/c1-24-25(2)41(40-36-21-16-29-8-5-7-28-11-13-32(23-37(24)40)39(36)38(28)29)33-18-14-26(15-19-33)30-17-20-35-31(22-30)12-10-27-6-3-4-9-34(27)35/h3-23H,1-2H3. The third-order valence-electron chi connectivity index (χ3n) is 9.33. The van der Waals surface area contributed by atoms with Gasteiger partial charge in [0.2, 0.25) is 0 Å². The van der Waals surface area contributed by atoms with Crippen molar-refractivity contribution in [3.63, 3.8) is 0 Å². The summed E-state index contributed by atoms with van der Waals surface area (Å²) in [6, 6.07) is 47.2. The van der Waals surface area contributed by atoms with Gasteiger partial charge >= 0.3 is 0 Å². The van der Waals surface area contributed by atoms with E-state index in [1.165, 1.54) is 92.8 Å². The minimum Gasteiger partial charge on any atom is -0.313 e. The molecule has 9 rings (SSSR count). The molecule has 0 atom stereocenters. The Bertz CT molecular complexity index is 2460. The Morgan fingerprint density at radius 2 is 1.05 bits per heavy atom. The quantitative estimate of drug-likeness (QED) is 0.199. The highest BCUT2D eigenvalue weighted by Crippen LogP contribution is 2.42. The Hall–Kier alpha value is -5.14. The van der Waals surface area contributed by atoms with Gasteiger partial charge in [0.1, 0.15) is 0 Å². The lowest BCUT2D eigenvalue weighted by atomic mass is 9.92. The highest BCUT2D eigenvalue weighted by Gasteiger charge is 2.19. The van der Waals surface area contributed by atoms with Crippen LogP contribution in [0.1, 0.15) is 11.3 Å². The average molecular weight is 522 g/mol. The van der Waals surface area contributed by atoms with Crippen LogP contribution >= 0.6 is 0 Å². The summed E-state index contributed by atoms with van der Waals surface area (Å²) in [6.45, 7) is 4.52. The van der Waals surface area contributed by atoms with Gasteiger partial charge in [-0.25, -0.2) is 0 Å². The van der Waals surface area contributed by atoms with Crippen LogP contribution < -0.4 is 0 Å². The van der Waals surface area contributed by atoms with E-state index in [-0.39, 0.29) is 0 Å². The molecule has 0 saturated heterocycles. The molecule has 8 aromatic carbocycles. The van der Waals surface area contributed by atoms with Gasteiger partial charge in [-0.3, -0.25) is 0 Å². The molecular weight excluding hydrogens is 494 g/mol. The molecule has 0 aliphatic heterocycles. The zero-order valence-electron chi connectivity index (χ0n) is 23.1. The first-order valence-corrected chi connectivity index (χ1v) is 14.4. The normalized spacial score (nSPS) is 12.1. The van der Waals surface area contributed by atoms with E-state index in [9.17, 15) is 0 Å². The van der Waals surface area contributed by atoms with E-state index < -0.39 is 0 Å². The summed E-state index contributed by atoms with van der Waals surface area (Å²) in [5.74, 6) is 0. The number of aromatic nitrogens is 1. The van der Waals surface area contributed by atoms with Crippen LogP contribution in [0.3, 0.4) is 0 Å². The number of rotatable bonds is 2. The van der Waals surface area contributed by atoms with E-state index in [4.69, 9.17) is 0 Å². The second-order valence-electron chi connectivity index (χ2n) is 11.4. The van der Waals surface area contributed by atoms with Gasteiger partial charge in [0.05, 0.1) is 5.52 Å². The third kappa shape index (κ3) is 3.12. The van der Waals surface area contributed by atoms with Crippen LogP contribution in [0.2, 0.25) is 0 Å². The molecule has 0 unspecified atom stereocenters. The zero-order valence-corrected chi connectivity index (χ0v) is 23.1. The predicted octanol–water partition coefficient (Wildman–Crippen LogP) is 11.1. The SMILES string of the molecule is Cc1c(C)n(-c2ccc(-c3ccc4c(ccc5ccccc54)c3)cc2)c2c1cc1ccc3cccc4ccc2c1c34. The van der Waals surface area contributed by atoms with Crippen molar-refractivity contribution >= 4 is 64.8 Å². The van der Waals surface area contributed by atoms with Gasteiger partial charge in [-0.15, -0.1) is 0 Å². The summed E-state index contributed by atoms with van der Waals surface area (Å²) in [4.78, 5) is 0. The number of fused-ring (bicyclic) bond motifs is 5. The van der Waals surface area contributed by atoms with Crippen molar-refractivity contribution < 1.29 is 0 Å². The molecule has 0 saturated carbocycles. The second kappa shape index (κ2) is 8.19. The monoisotopic (exact) mass is 521 g/mol. The van der Waals surface area contributed by atoms with Crippen molar-refractivity contribution in [2.24, 2.45) is 0 Å². The second-order valence-corrected chi connectivity index (χ2v) is 11.4. The van der Waals surface area contributed by atoms with Crippen LogP contribution in [0.15, 0.2) is 127 Å². The van der Waals surface area contributed by atoms with Crippen LogP contribution in [0.5, 0.6) is 0 Å². The van der Waals surface area contributed by atoms with Crippen molar-refractivity contribution in [3.05, 3.63) is 139 Å². The highest BCUT2D eigenvalue weighted by atomic mass is 15.0. The van der Waals surface area contributed by atoms with E-state index >= 15 is 0 Å². The van der Waals surface area contributed by atoms with E-state index in [0.717, 1.165) is 0 Å². The molecule has 0 N–H and O–H groups in total. The largest absolute Gasteiger partial charge is 0.313 e. The Balaban J connectivity index is 1.23. The Morgan fingerprint density at radius 1 is 0.415 bits per heavy atom. The maximum absolute atomic E-state index is 2.47. The lowest BCUT2D eigenvalue weighted by molar-refractivity contribution is 1.04. The van der Waals surface area contributed by atoms with Crippen molar-refractivity contribution in [2.75, 3.05) is 0 Å². The molecular formula is C40H27N. The van der Waals surface area contributed by atoms with Crippen LogP contribution in [0, 0.1) is 13.8 Å². The molecule has 0 radical (unpaired) electrons. The molecule has 0 spiro atoms. The van der Waals surface area contributed by atoms with Crippen LogP contribution in [0.25, 0.3) is 81.6 Å². The summed E-state index contributed by atoms with van der Waals surface area (Å²) in [6.07, 6.45) is 0. The van der Waals surface area contributed by atoms with Gasteiger partial charge in [-0.2, -0.15) is 0 Å². The van der Waals surface area contributed by atoms with Crippen molar-refractivity contribution in [1.29, 1.82) is 0 Å². The highest BCUT2D eigenvalue weighted by molar-refractivity contribution is 6.29. The Morgan fingerprint density at radius 3 is 1.90 bits per heavy atom. The summed E-state index contributed by atoms with van der Waals surface area (Å²) >= 11 is 0. The molecule has 0 bridgehead atoms. The van der Waals surface area contributed by atoms with Gasteiger partial charge in [0, 0.05) is 22.2 Å². The van der Waals surface area contributed by atoms with E-state index in [2.05, 4.69) is 146 Å². The Labute approximate surface area is 238 Å². The van der Waals surface area contributed by atoms with Gasteiger partial charge in [-0.05, 0) is 103 Å². The van der Waals surface area contributed by atoms with Crippen LogP contribution in [-0.2, 0) is 0 Å². The van der Waals surface area contributed by atoms with E-state index in [1.54, 1.807) is 0 Å². The number of nitrogens with zero attached hydrogens (tertiary/aromatic N) is 1. The zero-order chi connectivity index (χ0) is 27.2. The maximum Gasteiger partial charge on any atom is 0.0613 e. The molecule has 192 valence electrons. The molecule has 0 aliphatic carbocycles. The lowest BCUT2D eigenvalue weighted by Crippen LogP contribution is -1.97. The molecule has 1 heterocycles. The minimum atomic E-state index is 1.20. The first-order valence-electron chi connectivity index (χ1n) is 14.4. The summed E-state index contributed by atoms with van der Waals surface area (Å²) in [5, 5.41) is 14.5. The Kier molecular flexibility index (Phi) is 4.52. The maximum atomic E-state index is 2.47. The van der Waals surface area contributed by atoms with E-state index in [1.807, 2.05) is 0 Å². The van der Waals surface area contributed by atoms with Crippen molar-refractivity contribution in [1.82, 2.24) is 4.57 Å².